The van der Waals surface area contributed by atoms with Gasteiger partial charge in [-0.05, 0) is 46.7 Å². The van der Waals surface area contributed by atoms with Gasteiger partial charge in [0.25, 0.3) is 5.91 Å². The number of nitrogens with one attached hydrogen (secondary N) is 1. The fourth-order valence-electron chi connectivity index (χ4n) is 4.24. The highest BCUT2D eigenvalue weighted by Crippen LogP contribution is 2.40. The third-order valence-electron chi connectivity index (χ3n) is 5.57. The zero-order chi connectivity index (χ0) is 17.5. The summed E-state index contributed by atoms with van der Waals surface area (Å²) in [6.07, 6.45) is 0. The van der Waals surface area contributed by atoms with E-state index in [2.05, 4.69) is 53.2 Å². The Labute approximate surface area is 157 Å². The van der Waals surface area contributed by atoms with Gasteiger partial charge in [0.2, 0.25) is 0 Å². The molecule has 0 unspecified atom stereocenters. The molecule has 2 aliphatic heterocycles. The summed E-state index contributed by atoms with van der Waals surface area (Å²) >= 11 is 1.72. The highest BCUT2D eigenvalue weighted by atomic mass is 32.1. The molecule has 4 heteroatoms. The van der Waals surface area contributed by atoms with Gasteiger partial charge in [-0.25, -0.2) is 0 Å². The number of para-hydroxylation sites is 1. The van der Waals surface area contributed by atoms with Crippen LogP contribution in [0.2, 0.25) is 0 Å². The van der Waals surface area contributed by atoms with Crippen LogP contribution < -0.4 is 10.2 Å². The van der Waals surface area contributed by atoms with E-state index in [-0.39, 0.29) is 5.91 Å². The van der Waals surface area contributed by atoms with Crippen LogP contribution in [0.1, 0.15) is 21.8 Å². The second kappa shape index (κ2) is 6.38. The van der Waals surface area contributed by atoms with Crippen LogP contribution in [0.4, 0.5) is 5.69 Å². The van der Waals surface area contributed by atoms with Gasteiger partial charge in [-0.2, -0.15) is 0 Å². The number of carbonyl (C=O) groups excluding carboxylic acids is 1. The second-order valence-corrected chi connectivity index (χ2v) is 8.00. The van der Waals surface area contributed by atoms with E-state index in [1.807, 2.05) is 23.1 Å². The van der Waals surface area contributed by atoms with Crippen LogP contribution in [0.5, 0.6) is 0 Å². The predicted octanol–water partition coefficient (Wildman–Crippen LogP) is 4.38. The van der Waals surface area contributed by atoms with Gasteiger partial charge >= 0.3 is 0 Å². The molecule has 0 spiro atoms. The normalized spacial score (nSPS) is 21.3. The van der Waals surface area contributed by atoms with E-state index in [9.17, 15) is 4.79 Å². The largest absolute Gasteiger partial charge is 0.316 e. The van der Waals surface area contributed by atoms with Gasteiger partial charge in [0.15, 0.2) is 0 Å². The lowest BCUT2D eigenvalue weighted by molar-refractivity contribution is 0.0980. The average molecular weight is 360 g/mol. The summed E-state index contributed by atoms with van der Waals surface area (Å²) in [5.41, 5.74) is 4.29. The van der Waals surface area contributed by atoms with Crippen molar-refractivity contribution in [2.75, 3.05) is 24.5 Å². The van der Waals surface area contributed by atoms with Gasteiger partial charge in [-0.3, -0.25) is 4.79 Å². The molecular weight excluding hydrogens is 340 g/mol. The lowest BCUT2D eigenvalue weighted by Crippen LogP contribution is -2.41. The maximum atomic E-state index is 13.3. The number of hydrogen-bond donors (Lipinski definition) is 1. The van der Waals surface area contributed by atoms with Crippen molar-refractivity contribution in [3.05, 3.63) is 77.2 Å². The van der Waals surface area contributed by atoms with E-state index in [4.69, 9.17) is 0 Å². The Morgan fingerprint density at radius 2 is 1.85 bits per heavy atom. The molecule has 130 valence electrons. The molecule has 2 aliphatic rings. The number of carbonyl (C=O) groups is 1. The predicted molar refractivity (Wildman–Crippen MR) is 107 cm³/mol. The zero-order valence-electron chi connectivity index (χ0n) is 14.4. The fraction of sp³-hybridized carbons (Fsp3) is 0.227. The standard InChI is InChI=1S/C22H20N2OS/c25-22(16-9-7-15(8-10-16)21-6-3-11-26-21)24-14-17-12-23-13-19(17)18-4-1-2-5-20(18)24/h1-11,17,19,23H,12-14H2/t17-,19+/m1/s1. The highest BCUT2D eigenvalue weighted by Gasteiger charge is 2.38. The molecule has 3 aromatic rings. The summed E-state index contributed by atoms with van der Waals surface area (Å²) < 4.78 is 0. The first-order chi connectivity index (χ1) is 12.8. The lowest BCUT2D eigenvalue weighted by Gasteiger charge is -2.36. The van der Waals surface area contributed by atoms with Crippen LogP contribution in [0, 0.1) is 5.92 Å². The molecular formula is C22H20N2OS. The smallest absolute Gasteiger partial charge is 0.258 e. The van der Waals surface area contributed by atoms with Crippen LogP contribution in [0.15, 0.2) is 66.0 Å². The third kappa shape index (κ3) is 2.57. The van der Waals surface area contributed by atoms with Crippen LogP contribution in [-0.2, 0) is 0 Å². The summed E-state index contributed by atoms with van der Waals surface area (Å²) in [6.45, 7) is 2.79. The Hall–Kier alpha value is -2.43. The van der Waals surface area contributed by atoms with Crippen LogP contribution in [0.3, 0.4) is 0 Å². The number of anilines is 1. The molecule has 1 N–H and O–H groups in total. The van der Waals surface area contributed by atoms with Crippen molar-refractivity contribution in [2.45, 2.75) is 5.92 Å². The van der Waals surface area contributed by atoms with Crippen molar-refractivity contribution in [3.8, 4) is 10.4 Å². The summed E-state index contributed by atoms with van der Waals surface area (Å²) in [6, 6.07) is 20.5. The molecule has 1 saturated heterocycles. The molecule has 0 aliphatic carbocycles. The molecule has 0 radical (unpaired) electrons. The van der Waals surface area contributed by atoms with Gasteiger partial charge in [-0.15, -0.1) is 11.3 Å². The first kappa shape index (κ1) is 15.8. The molecule has 0 saturated carbocycles. The molecule has 2 aromatic carbocycles. The maximum Gasteiger partial charge on any atom is 0.258 e. The van der Waals surface area contributed by atoms with E-state index in [1.54, 1.807) is 11.3 Å². The molecule has 26 heavy (non-hydrogen) atoms. The second-order valence-electron chi connectivity index (χ2n) is 7.05. The number of rotatable bonds is 2. The maximum absolute atomic E-state index is 13.3. The van der Waals surface area contributed by atoms with Crippen LogP contribution in [0.25, 0.3) is 10.4 Å². The van der Waals surface area contributed by atoms with Crippen molar-refractivity contribution >= 4 is 22.9 Å². The molecule has 1 fully saturated rings. The molecule has 5 rings (SSSR count). The Morgan fingerprint density at radius 1 is 1.00 bits per heavy atom. The lowest BCUT2D eigenvalue weighted by atomic mass is 9.83. The summed E-state index contributed by atoms with van der Waals surface area (Å²) in [5.74, 6) is 1.12. The number of amides is 1. The summed E-state index contributed by atoms with van der Waals surface area (Å²) in [4.78, 5) is 16.5. The van der Waals surface area contributed by atoms with E-state index in [1.165, 1.54) is 10.4 Å². The van der Waals surface area contributed by atoms with E-state index < -0.39 is 0 Å². The van der Waals surface area contributed by atoms with E-state index in [0.717, 1.165) is 36.4 Å². The molecule has 1 amide bonds. The van der Waals surface area contributed by atoms with Crippen molar-refractivity contribution in [2.24, 2.45) is 5.92 Å². The van der Waals surface area contributed by atoms with Gasteiger partial charge in [0, 0.05) is 41.7 Å². The van der Waals surface area contributed by atoms with Crippen molar-refractivity contribution < 1.29 is 4.79 Å². The molecule has 0 bridgehead atoms. The Balaban J connectivity index is 1.48. The first-order valence-corrected chi connectivity index (χ1v) is 9.94. The number of benzene rings is 2. The van der Waals surface area contributed by atoms with Gasteiger partial charge in [0.1, 0.15) is 0 Å². The Morgan fingerprint density at radius 3 is 2.65 bits per heavy atom. The number of nitrogens with zero attached hydrogens (tertiary/aromatic N) is 1. The highest BCUT2D eigenvalue weighted by molar-refractivity contribution is 7.13. The minimum absolute atomic E-state index is 0.0977. The first-order valence-electron chi connectivity index (χ1n) is 9.07. The monoisotopic (exact) mass is 360 g/mol. The van der Waals surface area contributed by atoms with Crippen LogP contribution >= 0.6 is 11.3 Å². The van der Waals surface area contributed by atoms with E-state index in [0.29, 0.717) is 11.8 Å². The van der Waals surface area contributed by atoms with Crippen LogP contribution in [-0.4, -0.2) is 25.5 Å². The SMILES string of the molecule is O=C(c1ccc(-c2cccs2)cc1)N1C[C@H]2CNC[C@@H]2c2ccccc21. The Kier molecular flexibility index (Phi) is 3.88. The Bertz CT molecular complexity index is 933. The quantitative estimate of drug-likeness (QED) is 0.736. The molecule has 3 heterocycles. The number of fused-ring (bicyclic) bond motifs is 3. The summed E-state index contributed by atoms with van der Waals surface area (Å²) in [5, 5.41) is 5.57. The molecule has 2 atom stereocenters. The van der Waals surface area contributed by atoms with Crippen molar-refractivity contribution in [1.82, 2.24) is 5.32 Å². The third-order valence-corrected chi connectivity index (χ3v) is 6.49. The number of hydrogen-bond acceptors (Lipinski definition) is 3. The van der Waals surface area contributed by atoms with Gasteiger partial charge < -0.3 is 10.2 Å². The minimum atomic E-state index is 0.0977. The van der Waals surface area contributed by atoms with Crippen molar-refractivity contribution in [1.29, 1.82) is 0 Å². The minimum Gasteiger partial charge on any atom is -0.316 e. The molecule has 3 nitrogen and oxygen atoms in total. The molecule has 1 aromatic heterocycles. The van der Waals surface area contributed by atoms with E-state index >= 15 is 0 Å². The summed E-state index contributed by atoms with van der Waals surface area (Å²) in [7, 11) is 0. The average Bonchev–Trinajstić information content (AvgIpc) is 3.39. The fourth-order valence-corrected chi connectivity index (χ4v) is 4.97. The number of thiophene rings is 1. The van der Waals surface area contributed by atoms with Gasteiger partial charge in [0.05, 0.1) is 0 Å². The van der Waals surface area contributed by atoms with Gasteiger partial charge in [-0.1, -0.05) is 36.4 Å². The zero-order valence-corrected chi connectivity index (χ0v) is 15.2. The topological polar surface area (TPSA) is 32.3 Å². The van der Waals surface area contributed by atoms with Crippen molar-refractivity contribution in [3.63, 3.8) is 0 Å².